The van der Waals surface area contributed by atoms with E-state index in [0.29, 0.717) is 18.3 Å². The third kappa shape index (κ3) is 2.98. The van der Waals surface area contributed by atoms with Crippen molar-refractivity contribution in [2.45, 2.75) is 38.1 Å². The van der Waals surface area contributed by atoms with Gasteiger partial charge in [0.1, 0.15) is 0 Å². The third-order valence-electron chi connectivity index (χ3n) is 4.90. The second-order valence-corrected chi connectivity index (χ2v) is 7.09. The van der Waals surface area contributed by atoms with Crippen LogP contribution in [0.4, 0.5) is 0 Å². The maximum absolute atomic E-state index is 12.2. The van der Waals surface area contributed by atoms with Crippen molar-refractivity contribution in [3.8, 4) is 0 Å². The van der Waals surface area contributed by atoms with E-state index < -0.39 is 0 Å². The molecule has 2 fully saturated rings. The van der Waals surface area contributed by atoms with E-state index in [4.69, 9.17) is 4.74 Å². The van der Waals surface area contributed by atoms with Crippen LogP contribution in [0.5, 0.6) is 0 Å². The molecule has 2 saturated carbocycles. The fraction of sp³-hybridized carbons (Fsp3) is 0.625. The van der Waals surface area contributed by atoms with Crippen LogP contribution in [0.25, 0.3) is 0 Å². The largest absolute Gasteiger partial charge is 0.469 e. The molecule has 0 aromatic carbocycles. The standard InChI is InChI=1S/C16H21NO3S/c1-20-16(19)14-10-4-5-11(9-10)15(14)17-13(18)7-6-12-3-2-8-21-12/h2-3,8,10-11,14-15H,4-7,9H2,1H3,(H,17,18)/t10-,11-,14-,15+/m0/s1. The summed E-state index contributed by atoms with van der Waals surface area (Å²) in [6.45, 7) is 0. The van der Waals surface area contributed by atoms with Gasteiger partial charge in [-0.2, -0.15) is 0 Å². The fourth-order valence-electron chi connectivity index (χ4n) is 3.92. The highest BCUT2D eigenvalue weighted by Gasteiger charge is 2.51. The lowest BCUT2D eigenvalue weighted by Crippen LogP contribution is -2.47. The highest BCUT2D eigenvalue weighted by molar-refractivity contribution is 7.09. The minimum absolute atomic E-state index is 0.0213. The van der Waals surface area contributed by atoms with E-state index in [1.54, 1.807) is 11.3 Å². The van der Waals surface area contributed by atoms with Crippen LogP contribution < -0.4 is 5.32 Å². The van der Waals surface area contributed by atoms with Gasteiger partial charge in [0, 0.05) is 17.3 Å². The summed E-state index contributed by atoms with van der Waals surface area (Å²) in [5, 5.41) is 5.13. The van der Waals surface area contributed by atoms with Crippen LogP contribution in [-0.4, -0.2) is 25.0 Å². The van der Waals surface area contributed by atoms with Crippen LogP contribution in [0.1, 0.15) is 30.6 Å². The average Bonchev–Trinajstić information content (AvgIpc) is 3.21. The Morgan fingerprint density at radius 3 is 2.90 bits per heavy atom. The van der Waals surface area contributed by atoms with E-state index in [-0.39, 0.29) is 23.8 Å². The van der Waals surface area contributed by atoms with Crippen molar-refractivity contribution >= 4 is 23.2 Å². The van der Waals surface area contributed by atoms with Gasteiger partial charge < -0.3 is 10.1 Å². The molecule has 0 saturated heterocycles. The van der Waals surface area contributed by atoms with E-state index in [1.807, 2.05) is 17.5 Å². The average molecular weight is 307 g/mol. The molecule has 0 unspecified atom stereocenters. The molecule has 2 aliphatic rings. The molecule has 1 aromatic heterocycles. The third-order valence-corrected chi connectivity index (χ3v) is 5.83. The molecule has 5 heteroatoms. The molecule has 1 amide bonds. The summed E-state index contributed by atoms with van der Waals surface area (Å²) < 4.78 is 4.93. The molecule has 0 aliphatic heterocycles. The fourth-order valence-corrected chi connectivity index (χ4v) is 4.63. The molecule has 0 spiro atoms. The number of nitrogens with one attached hydrogen (secondary N) is 1. The molecular weight excluding hydrogens is 286 g/mol. The number of methoxy groups -OCH3 is 1. The van der Waals surface area contributed by atoms with Crippen LogP contribution >= 0.6 is 11.3 Å². The first-order valence-corrected chi connectivity index (χ1v) is 8.46. The van der Waals surface area contributed by atoms with Gasteiger partial charge in [-0.1, -0.05) is 6.07 Å². The first-order chi connectivity index (χ1) is 10.2. The number of carbonyl (C=O) groups is 2. The molecule has 114 valence electrons. The van der Waals surface area contributed by atoms with Crippen molar-refractivity contribution in [3.05, 3.63) is 22.4 Å². The van der Waals surface area contributed by atoms with Gasteiger partial charge >= 0.3 is 5.97 Å². The quantitative estimate of drug-likeness (QED) is 0.850. The summed E-state index contributed by atoms with van der Waals surface area (Å²) in [6.07, 6.45) is 4.52. The normalized spacial score (nSPS) is 30.3. The summed E-state index contributed by atoms with van der Waals surface area (Å²) in [5.74, 6) is 0.592. The number of esters is 1. The van der Waals surface area contributed by atoms with Gasteiger partial charge in [-0.05, 0) is 49.0 Å². The lowest BCUT2D eigenvalue weighted by molar-refractivity contribution is -0.148. The Morgan fingerprint density at radius 2 is 2.19 bits per heavy atom. The number of hydrogen-bond donors (Lipinski definition) is 1. The van der Waals surface area contributed by atoms with Crippen molar-refractivity contribution < 1.29 is 14.3 Å². The number of thiophene rings is 1. The highest BCUT2D eigenvalue weighted by Crippen LogP contribution is 2.48. The molecular formula is C16H21NO3S. The number of fused-ring (bicyclic) bond motifs is 2. The van der Waals surface area contributed by atoms with E-state index in [9.17, 15) is 9.59 Å². The lowest BCUT2D eigenvalue weighted by atomic mass is 9.84. The van der Waals surface area contributed by atoms with Gasteiger partial charge in [-0.25, -0.2) is 0 Å². The zero-order valence-corrected chi connectivity index (χ0v) is 13.0. The first kappa shape index (κ1) is 14.6. The Kier molecular flexibility index (Phi) is 4.29. The zero-order valence-electron chi connectivity index (χ0n) is 12.2. The molecule has 0 radical (unpaired) electrons. The summed E-state index contributed by atoms with van der Waals surface area (Å²) in [4.78, 5) is 25.4. The van der Waals surface area contributed by atoms with Gasteiger partial charge in [0.05, 0.1) is 13.0 Å². The Morgan fingerprint density at radius 1 is 1.38 bits per heavy atom. The Balaban J connectivity index is 1.57. The predicted molar refractivity (Wildman–Crippen MR) is 80.9 cm³/mol. The second-order valence-electron chi connectivity index (χ2n) is 6.05. The maximum Gasteiger partial charge on any atom is 0.311 e. The van der Waals surface area contributed by atoms with Crippen molar-refractivity contribution in [1.29, 1.82) is 0 Å². The molecule has 1 aromatic rings. The Hall–Kier alpha value is -1.36. The number of hydrogen-bond acceptors (Lipinski definition) is 4. The summed E-state index contributed by atoms with van der Waals surface area (Å²) in [5.41, 5.74) is 0. The first-order valence-electron chi connectivity index (χ1n) is 7.58. The molecule has 2 bridgehead atoms. The van der Waals surface area contributed by atoms with E-state index in [0.717, 1.165) is 25.7 Å². The SMILES string of the molecule is COC(=O)[C@H]1[C@H]2CC[C@@H](C2)[C@H]1NC(=O)CCc1cccs1. The van der Waals surface area contributed by atoms with Crippen molar-refractivity contribution in [1.82, 2.24) is 5.32 Å². The lowest BCUT2D eigenvalue weighted by Gasteiger charge is -2.29. The number of carbonyl (C=O) groups excluding carboxylic acids is 2. The van der Waals surface area contributed by atoms with Gasteiger partial charge in [0.15, 0.2) is 0 Å². The van der Waals surface area contributed by atoms with E-state index in [1.165, 1.54) is 12.0 Å². The highest BCUT2D eigenvalue weighted by atomic mass is 32.1. The Labute approximate surface area is 128 Å². The molecule has 21 heavy (non-hydrogen) atoms. The van der Waals surface area contributed by atoms with Crippen molar-refractivity contribution in [2.75, 3.05) is 7.11 Å². The molecule has 4 nitrogen and oxygen atoms in total. The number of ether oxygens (including phenoxy) is 1. The second kappa shape index (κ2) is 6.18. The molecule has 2 aliphatic carbocycles. The number of amides is 1. The minimum Gasteiger partial charge on any atom is -0.469 e. The monoisotopic (exact) mass is 307 g/mol. The zero-order chi connectivity index (χ0) is 14.8. The van der Waals surface area contributed by atoms with E-state index in [2.05, 4.69) is 5.32 Å². The van der Waals surface area contributed by atoms with Gasteiger partial charge in [0.25, 0.3) is 0 Å². The van der Waals surface area contributed by atoms with Crippen LogP contribution in [0, 0.1) is 17.8 Å². The molecule has 1 N–H and O–H groups in total. The van der Waals surface area contributed by atoms with Crippen LogP contribution in [-0.2, 0) is 20.7 Å². The Bertz CT molecular complexity index is 514. The van der Waals surface area contributed by atoms with Gasteiger partial charge in [-0.15, -0.1) is 11.3 Å². The van der Waals surface area contributed by atoms with Crippen LogP contribution in [0.2, 0.25) is 0 Å². The van der Waals surface area contributed by atoms with Crippen LogP contribution in [0.3, 0.4) is 0 Å². The van der Waals surface area contributed by atoms with Crippen molar-refractivity contribution in [2.24, 2.45) is 17.8 Å². The topological polar surface area (TPSA) is 55.4 Å². The summed E-state index contributed by atoms with van der Waals surface area (Å²) in [7, 11) is 1.43. The molecule has 1 heterocycles. The van der Waals surface area contributed by atoms with E-state index >= 15 is 0 Å². The summed E-state index contributed by atoms with van der Waals surface area (Å²) >= 11 is 1.67. The van der Waals surface area contributed by atoms with Crippen LogP contribution in [0.15, 0.2) is 17.5 Å². The van der Waals surface area contributed by atoms with Gasteiger partial charge in [-0.3, -0.25) is 9.59 Å². The maximum atomic E-state index is 12.2. The van der Waals surface area contributed by atoms with Crippen molar-refractivity contribution in [3.63, 3.8) is 0 Å². The molecule has 4 atom stereocenters. The number of rotatable bonds is 5. The number of aryl methyl sites for hydroxylation is 1. The smallest absolute Gasteiger partial charge is 0.311 e. The molecule has 3 rings (SSSR count). The minimum atomic E-state index is -0.161. The van der Waals surface area contributed by atoms with Gasteiger partial charge in [0.2, 0.25) is 5.91 Å². The summed E-state index contributed by atoms with van der Waals surface area (Å²) in [6, 6.07) is 4.03. The predicted octanol–water partition coefficient (Wildman–Crippen LogP) is 2.38.